The summed E-state index contributed by atoms with van der Waals surface area (Å²) >= 11 is 0. The van der Waals surface area contributed by atoms with E-state index in [1.807, 2.05) is 6.92 Å². The highest BCUT2D eigenvalue weighted by molar-refractivity contribution is 5.85. The Morgan fingerprint density at radius 2 is 2.00 bits per heavy atom. The van der Waals surface area contributed by atoms with E-state index in [-0.39, 0.29) is 37.3 Å². The zero-order chi connectivity index (χ0) is 5.70. The number of carbonyl (C=O) groups excluding carboxylic acids is 1. The van der Waals surface area contributed by atoms with Crippen LogP contribution in [0.4, 0.5) is 0 Å². The summed E-state index contributed by atoms with van der Waals surface area (Å²) in [7, 11) is 0. The second kappa shape index (κ2) is 10.9. The molecule has 0 spiro atoms. The van der Waals surface area contributed by atoms with Gasteiger partial charge in [0.15, 0.2) is 0 Å². The molecule has 0 heterocycles. The minimum absolute atomic E-state index is 0. The zero-order valence-electron chi connectivity index (χ0n) is 5.22. The fraction of sp³-hybridized carbons (Fsp3) is 0.750. The minimum atomic E-state index is -0.304. The molecular formula is C4H12Cl2N2O. The van der Waals surface area contributed by atoms with Crippen molar-refractivity contribution in [1.82, 2.24) is 5.32 Å². The van der Waals surface area contributed by atoms with Gasteiger partial charge in [-0.05, 0) is 6.54 Å². The van der Waals surface area contributed by atoms with Gasteiger partial charge in [0.2, 0.25) is 5.91 Å². The largest absolute Gasteiger partial charge is 0.369 e. The van der Waals surface area contributed by atoms with E-state index < -0.39 is 0 Å². The fourth-order valence-electron chi connectivity index (χ4n) is 0.248. The van der Waals surface area contributed by atoms with Crippen molar-refractivity contribution >= 4 is 30.7 Å². The second-order valence-electron chi connectivity index (χ2n) is 1.25. The van der Waals surface area contributed by atoms with Crippen molar-refractivity contribution in [3.8, 4) is 0 Å². The van der Waals surface area contributed by atoms with E-state index in [2.05, 4.69) is 5.32 Å². The molecule has 0 saturated carbocycles. The molecule has 3 nitrogen and oxygen atoms in total. The van der Waals surface area contributed by atoms with E-state index in [0.29, 0.717) is 0 Å². The average Bonchev–Trinajstić information content (AvgIpc) is 1.61. The molecule has 58 valence electrons. The third kappa shape index (κ3) is 18.0. The van der Waals surface area contributed by atoms with E-state index in [9.17, 15) is 4.79 Å². The maximum Gasteiger partial charge on any atom is 0.231 e. The number of hydrogen-bond acceptors (Lipinski definition) is 2. The highest BCUT2D eigenvalue weighted by atomic mass is 35.5. The van der Waals surface area contributed by atoms with E-state index in [1.165, 1.54) is 0 Å². The fourth-order valence-corrected chi connectivity index (χ4v) is 0.248. The number of halogens is 2. The number of rotatable bonds is 3. The molecule has 0 aliphatic carbocycles. The Morgan fingerprint density at radius 3 is 2.11 bits per heavy atom. The molecule has 0 radical (unpaired) electrons. The highest BCUT2D eigenvalue weighted by Gasteiger charge is 1.86. The van der Waals surface area contributed by atoms with E-state index in [4.69, 9.17) is 5.73 Å². The standard InChI is InChI=1S/C4H10N2O.2ClH/c1-2-6-3-4(5)7;;/h6H,2-3H2,1H3,(H2,5,7);2*1H. The molecule has 0 aliphatic heterocycles. The lowest BCUT2D eigenvalue weighted by molar-refractivity contribution is -0.117. The van der Waals surface area contributed by atoms with Crippen molar-refractivity contribution in [3.05, 3.63) is 0 Å². The summed E-state index contributed by atoms with van der Waals surface area (Å²) in [4.78, 5) is 9.92. The van der Waals surface area contributed by atoms with Crippen LogP contribution in [-0.2, 0) is 4.79 Å². The van der Waals surface area contributed by atoms with Gasteiger partial charge in [0.1, 0.15) is 0 Å². The molecule has 0 saturated heterocycles. The third-order valence-electron chi connectivity index (χ3n) is 0.549. The second-order valence-corrected chi connectivity index (χ2v) is 1.25. The number of nitrogens with one attached hydrogen (secondary N) is 1. The molecule has 0 fully saturated rings. The van der Waals surface area contributed by atoms with Gasteiger partial charge in [0, 0.05) is 0 Å². The van der Waals surface area contributed by atoms with E-state index in [1.54, 1.807) is 0 Å². The van der Waals surface area contributed by atoms with Gasteiger partial charge in [0.25, 0.3) is 0 Å². The van der Waals surface area contributed by atoms with Crippen LogP contribution in [0.1, 0.15) is 6.92 Å². The summed E-state index contributed by atoms with van der Waals surface area (Å²) in [5.41, 5.74) is 4.78. The maximum absolute atomic E-state index is 9.92. The smallest absolute Gasteiger partial charge is 0.231 e. The quantitative estimate of drug-likeness (QED) is 0.630. The molecule has 3 N–H and O–H groups in total. The molecular weight excluding hydrogens is 163 g/mol. The van der Waals surface area contributed by atoms with Crippen LogP contribution in [0.3, 0.4) is 0 Å². The Balaban J connectivity index is -0.000000180. The first-order valence-corrected chi connectivity index (χ1v) is 2.26. The lowest BCUT2D eigenvalue weighted by atomic mass is 10.6. The molecule has 1 amide bonds. The van der Waals surface area contributed by atoms with Crippen molar-refractivity contribution in [2.24, 2.45) is 5.73 Å². The summed E-state index contributed by atoms with van der Waals surface area (Å²) in [5, 5.41) is 2.77. The van der Waals surface area contributed by atoms with Crippen molar-refractivity contribution in [2.75, 3.05) is 13.1 Å². The van der Waals surface area contributed by atoms with Crippen LogP contribution in [0.15, 0.2) is 0 Å². The monoisotopic (exact) mass is 174 g/mol. The van der Waals surface area contributed by atoms with Crippen LogP contribution in [-0.4, -0.2) is 19.0 Å². The maximum atomic E-state index is 9.92. The topological polar surface area (TPSA) is 55.1 Å². The van der Waals surface area contributed by atoms with Gasteiger partial charge in [-0.1, -0.05) is 6.92 Å². The average molecular weight is 175 g/mol. The summed E-state index contributed by atoms with van der Waals surface area (Å²) < 4.78 is 0. The summed E-state index contributed by atoms with van der Waals surface area (Å²) in [6.07, 6.45) is 0. The Labute approximate surface area is 67.2 Å². The molecule has 9 heavy (non-hydrogen) atoms. The normalized spacial score (nSPS) is 6.78. The van der Waals surface area contributed by atoms with Crippen molar-refractivity contribution in [2.45, 2.75) is 6.92 Å². The first kappa shape index (κ1) is 16.0. The number of likely N-dealkylation sites (N-methyl/N-ethyl adjacent to an activating group) is 1. The SMILES string of the molecule is CCNCC(N)=O.Cl.Cl. The van der Waals surface area contributed by atoms with Gasteiger partial charge in [-0.25, -0.2) is 0 Å². The molecule has 5 heteroatoms. The zero-order valence-corrected chi connectivity index (χ0v) is 6.85. The van der Waals surface area contributed by atoms with Crippen LogP contribution in [0.5, 0.6) is 0 Å². The summed E-state index contributed by atoms with van der Waals surface area (Å²) in [5.74, 6) is -0.304. The number of nitrogens with two attached hydrogens (primary N) is 1. The third-order valence-corrected chi connectivity index (χ3v) is 0.549. The molecule has 0 bridgehead atoms. The van der Waals surface area contributed by atoms with Crippen molar-refractivity contribution in [1.29, 1.82) is 0 Å². The molecule has 0 atom stereocenters. The molecule has 0 aromatic rings. The Kier molecular flexibility index (Phi) is 19.4. The number of primary amides is 1. The van der Waals surface area contributed by atoms with Gasteiger partial charge >= 0.3 is 0 Å². The lowest BCUT2D eigenvalue weighted by Gasteiger charge is -1.91. The highest BCUT2D eigenvalue weighted by Crippen LogP contribution is 1.52. The van der Waals surface area contributed by atoms with Crippen LogP contribution in [0.25, 0.3) is 0 Å². The van der Waals surface area contributed by atoms with Crippen LogP contribution < -0.4 is 11.1 Å². The number of amides is 1. The van der Waals surface area contributed by atoms with Crippen LogP contribution in [0.2, 0.25) is 0 Å². The Bertz CT molecular complexity index is 69.6. The van der Waals surface area contributed by atoms with Crippen molar-refractivity contribution in [3.63, 3.8) is 0 Å². The first-order valence-electron chi connectivity index (χ1n) is 2.26. The molecule has 0 aromatic heterocycles. The van der Waals surface area contributed by atoms with Gasteiger partial charge < -0.3 is 11.1 Å². The Morgan fingerprint density at radius 1 is 1.56 bits per heavy atom. The predicted molar refractivity (Wildman–Crippen MR) is 42.2 cm³/mol. The number of hydrogen-bond donors (Lipinski definition) is 2. The van der Waals surface area contributed by atoms with Gasteiger partial charge in [-0.15, -0.1) is 24.8 Å². The van der Waals surface area contributed by atoms with Gasteiger partial charge in [-0.3, -0.25) is 4.79 Å². The van der Waals surface area contributed by atoms with Gasteiger partial charge in [-0.2, -0.15) is 0 Å². The van der Waals surface area contributed by atoms with Gasteiger partial charge in [0.05, 0.1) is 6.54 Å². The summed E-state index contributed by atoms with van der Waals surface area (Å²) in [6, 6.07) is 0. The predicted octanol–water partition coefficient (Wildman–Crippen LogP) is -0.0752. The van der Waals surface area contributed by atoms with Crippen LogP contribution in [0, 0.1) is 0 Å². The molecule has 0 unspecified atom stereocenters. The van der Waals surface area contributed by atoms with E-state index >= 15 is 0 Å². The molecule has 0 aromatic carbocycles. The molecule has 0 rings (SSSR count). The minimum Gasteiger partial charge on any atom is -0.369 e. The number of carbonyl (C=O) groups is 1. The Hall–Kier alpha value is 0.01000. The first-order chi connectivity index (χ1) is 3.27. The lowest BCUT2D eigenvalue weighted by Crippen LogP contribution is -2.28. The van der Waals surface area contributed by atoms with Crippen molar-refractivity contribution < 1.29 is 4.79 Å². The summed E-state index contributed by atoms with van der Waals surface area (Å²) in [6.45, 7) is 3.00. The van der Waals surface area contributed by atoms with Crippen LogP contribution >= 0.6 is 24.8 Å². The molecule has 0 aliphatic rings. The van der Waals surface area contributed by atoms with E-state index in [0.717, 1.165) is 6.54 Å².